The Morgan fingerprint density at radius 1 is 1.00 bits per heavy atom. The Bertz CT molecular complexity index is 915. The first kappa shape index (κ1) is 21.1. The number of rotatable bonds is 7. The van der Waals surface area contributed by atoms with Crippen LogP contribution in [0.5, 0.6) is 5.75 Å². The highest BCUT2D eigenvalue weighted by Gasteiger charge is 2.28. The summed E-state index contributed by atoms with van der Waals surface area (Å²) >= 11 is 0. The number of hydrogen-bond donors (Lipinski definition) is 0. The Hall–Kier alpha value is -2.12. The van der Waals surface area contributed by atoms with E-state index in [9.17, 15) is 8.42 Å². The fourth-order valence-corrected chi connectivity index (χ4v) is 5.87. The summed E-state index contributed by atoms with van der Waals surface area (Å²) in [5.74, 6) is 2.50. The minimum Gasteiger partial charge on any atom is -0.497 e. The molecule has 30 heavy (non-hydrogen) atoms. The van der Waals surface area contributed by atoms with Crippen molar-refractivity contribution in [2.24, 2.45) is 5.92 Å². The van der Waals surface area contributed by atoms with Crippen LogP contribution in [0.15, 0.2) is 47.5 Å². The number of piperidine rings is 1. The second kappa shape index (κ2) is 9.35. The molecule has 0 bridgehead atoms. The maximum atomic E-state index is 12.7. The predicted octanol–water partition coefficient (Wildman–Crippen LogP) is 3.72. The third-order valence-corrected chi connectivity index (χ3v) is 8.24. The normalized spacial score (nSPS) is 18.6. The van der Waals surface area contributed by atoms with Gasteiger partial charge in [0.15, 0.2) is 0 Å². The molecule has 0 atom stereocenters. The van der Waals surface area contributed by atoms with E-state index in [1.54, 1.807) is 17.5 Å². The lowest BCUT2D eigenvalue weighted by Gasteiger charge is -2.33. The van der Waals surface area contributed by atoms with Crippen molar-refractivity contribution in [2.75, 3.05) is 38.2 Å². The van der Waals surface area contributed by atoms with E-state index in [-0.39, 0.29) is 0 Å². The molecule has 2 saturated heterocycles. The summed E-state index contributed by atoms with van der Waals surface area (Å²) in [5.41, 5.74) is 1.36. The van der Waals surface area contributed by atoms with Crippen LogP contribution >= 0.6 is 0 Å². The van der Waals surface area contributed by atoms with Crippen LogP contribution in [0.3, 0.4) is 0 Å². The van der Waals surface area contributed by atoms with Crippen molar-refractivity contribution in [1.82, 2.24) is 9.29 Å². The van der Waals surface area contributed by atoms with Gasteiger partial charge in [-0.2, -0.15) is 4.31 Å². The van der Waals surface area contributed by atoms with E-state index in [1.165, 1.54) is 18.2 Å². The number of methoxy groups -OCH3 is 1. The first-order valence-corrected chi connectivity index (χ1v) is 12.3. The molecule has 2 fully saturated rings. The van der Waals surface area contributed by atoms with Gasteiger partial charge in [0, 0.05) is 32.4 Å². The summed E-state index contributed by atoms with van der Waals surface area (Å²) < 4.78 is 32.1. The molecule has 0 spiro atoms. The maximum absolute atomic E-state index is 12.7. The van der Waals surface area contributed by atoms with Crippen LogP contribution in [0.1, 0.15) is 37.7 Å². The Balaban J connectivity index is 1.28. The van der Waals surface area contributed by atoms with Crippen LogP contribution in [0.25, 0.3) is 0 Å². The van der Waals surface area contributed by atoms with E-state index in [1.807, 2.05) is 18.2 Å². The lowest BCUT2D eigenvalue weighted by atomic mass is 9.90. The minimum absolute atomic E-state index is 0.308. The number of pyridine rings is 1. The van der Waals surface area contributed by atoms with Crippen molar-refractivity contribution >= 4 is 15.8 Å². The summed E-state index contributed by atoms with van der Waals surface area (Å²) in [6, 6.07) is 11.9. The standard InChI is InChI=1S/C23H31N3O3S/c1-29-21-8-6-19(7-9-21)4-5-20-12-16-25(17-13-20)23-11-10-22(18-24-23)30(27,28)26-14-2-3-15-26/h6-11,18,20H,2-5,12-17H2,1H3. The average molecular weight is 430 g/mol. The zero-order chi connectivity index (χ0) is 21.0. The van der Waals surface area contributed by atoms with Crippen molar-refractivity contribution in [3.05, 3.63) is 48.2 Å². The number of sulfonamides is 1. The van der Waals surface area contributed by atoms with Gasteiger partial charge < -0.3 is 9.64 Å². The third kappa shape index (κ3) is 4.78. The number of anilines is 1. The molecule has 3 heterocycles. The maximum Gasteiger partial charge on any atom is 0.244 e. The molecule has 6 nitrogen and oxygen atoms in total. The molecule has 0 N–H and O–H groups in total. The van der Waals surface area contributed by atoms with Crippen molar-refractivity contribution in [3.63, 3.8) is 0 Å². The smallest absolute Gasteiger partial charge is 0.244 e. The van der Waals surface area contributed by atoms with E-state index < -0.39 is 10.0 Å². The molecule has 1 aromatic heterocycles. The topological polar surface area (TPSA) is 62.7 Å². The molecule has 0 unspecified atom stereocenters. The molecule has 2 aliphatic rings. The number of aryl methyl sites for hydroxylation is 1. The molecular weight excluding hydrogens is 398 g/mol. The van der Waals surface area contributed by atoms with Crippen LogP contribution in [-0.4, -0.2) is 51.0 Å². The number of nitrogens with zero attached hydrogens (tertiary/aromatic N) is 3. The summed E-state index contributed by atoms with van der Waals surface area (Å²) in [7, 11) is -1.70. The van der Waals surface area contributed by atoms with E-state index in [4.69, 9.17) is 4.74 Å². The van der Waals surface area contributed by atoms with Gasteiger partial charge in [0.1, 0.15) is 16.5 Å². The zero-order valence-electron chi connectivity index (χ0n) is 17.7. The molecule has 4 rings (SSSR count). The van der Waals surface area contributed by atoms with Crippen molar-refractivity contribution in [2.45, 2.75) is 43.4 Å². The average Bonchev–Trinajstić information content (AvgIpc) is 3.34. The highest BCUT2D eigenvalue weighted by molar-refractivity contribution is 7.89. The van der Waals surface area contributed by atoms with Crippen LogP contribution < -0.4 is 9.64 Å². The number of aromatic nitrogens is 1. The van der Waals surface area contributed by atoms with E-state index >= 15 is 0 Å². The SMILES string of the molecule is COc1ccc(CCC2CCN(c3ccc(S(=O)(=O)N4CCCC4)cn3)CC2)cc1. The molecule has 162 valence electrons. The summed E-state index contributed by atoms with van der Waals surface area (Å²) in [5, 5.41) is 0. The third-order valence-electron chi connectivity index (χ3n) is 6.36. The van der Waals surface area contributed by atoms with Crippen LogP contribution in [-0.2, 0) is 16.4 Å². The van der Waals surface area contributed by atoms with Gasteiger partial charge in [0.25, 0.3) is 0 Å². The second-order valence-corrected chi connectivity index (χ2v) is 10.2. The quantitative estimate of drug-likeness (QED) is 0.671. The van der Waals surface area contributed by atoms with Gasteiger partial charge >= 0.3 is 0 Å². The molecule has 2 aliphatic heterocycles. The monoisotopic (exact) mass is 429 g/mol. The highest BCUT2D eigenvalue weighted by Crippen LogP contribution is 2.27. The van der Waals surface area contributed by atoms with Gasteiger partial charge in [-0.25, -0.2) is 13.4 Å². The van der Waals surface area contributed by atoms with Gasteiger partial charge in [-0.1, -0.05) is 12.1 Å². The number of benzene rings is 1. The molecule has 0 saturated carbocycles. The van der Waals surface area contributed by atoms with Crippen molar-refractivity contribution in [1.29, 1.82) is 0 Å². The predicted molar refractivity (Wildman–Crippen MR) is 118 cm³/mol. The largest absolute Gasteiger partial charge is 0.497 e. The molecule has 0 aliphatic carbocycles. The molecular formula is C23H31N3O3S. The minimum atomic E-state index is -3.39. The Labute approximate surface area is 179 Å². The number of ether oxygens (including phenoxy) is 1. The highest BCUT2D eigenvalue weighted by atomic mass is 32.2. The summed E-state index contributed by atoms with van der Waals surface area (Å²) in [6.07, 6.45) is 7.99. The lowest BCUT2D eigenvalue weighted by Crippen LogP contribution is -2.34. The summed E-state index contributed by atoms with van der Waals surface area (Å²) in [4.78, 5) is 7.07. The molecule has 7 heteroatoms. The van der Waals surface area contributed by atoms with E-state index in [2.05, 4.69) is 22.0 Å². The number of hydrogen-bond acceptors (Lipinski definition) is 5. The first-order valence-electron chi connectivity index (χ1n) is 10.9. The van der Waals surface area contributed by atoms with Crippen molar-refractivity contribution in [3.8, 4) is 5.75 Å². The van der Waals surface area contributed by atoms with Crippen LogP contribution in [0.4, 0.5) is 5.82 Å². The Morgan fingerprint density at radius 2 is 1.70 bits per heavy atom. The lowest BCUT2D eigenvalue weighted by molar-refractivity contribution is 0.380. The van der Waals surface area contributed by atoms with Crippen LogP contribution in [0.2, 0.25) is 0 Å². The van der Waals surface area contributed by atoms with Crippen LogP contribution in [0, 0.1) is 5.92 Å². The van der Waals surface area contributed by atoms with Gasteiger partial charge in [-0.05, 0) is 74.3 Å². The molecule has 0 amide bonds. The summed E-state index contributed by atoms with van der Waals surface area (Å²) in [6.45, 7) is 3.18. The Morgan fingerprint density at radius 3 is 2.30 bits per heavy atom. The second-order valence-electron chi connectivity index (χ2n) is 8.28. The van der Waals surface area contributed by atoms with E-state index in [0.29, 0.717) is 18.0 Å². The fraction of sp³-hybridized carbons (Fsp3) is 0.522. The zero-order valence-corrected chi connectivity index (χ0v) is 18.5. The Kier molecular flexibility index (Phi) is 6.58. The molecule has 2 aromatic rings. The van der Waals surface area contributed by atoms with Gasteiger partial charge in [0.05, 0.1) is 7.11 Å². The fourth-order valence-electron chi connectivity index (χ4n) is 4.40. The first-order chi connectivity index (χ1) is 14.6. The van der Waals surface area contributed by atoms with E-state index in [0.717, 1.165) is 62.7 Å². The van der Waals surface area contributed by atoms with Gasteiger partial charge in [-0.3, -0.25) is 0 Å². The van der Waals surface area contributed by atoms with Gasteiger partial charge in [-0.15, -0.1) is 0 Å². The molecule has 1 aromatic carbocycles. The molecule has 0 radical (unpaired) electrons. The van der Waals surface area contributed by atoms with Gasteiger partial charge in [0.2, 0.25) is 10.0 Å². The van der Waals surface area contributed by atoms with Crippen molar-refractivity contribution < 1.29 is 13.2 Å².